The Bertz CT molecular complexity index is 1550. The number of thioether (sulfide) groups is 1. The van der Waals surface area contributed by atoms with Gasteiger partial charge in [0.05, 0.1) is 27.9 Å². The highest BCUT2D eigenvalue weighted by molar-refractivity contribution is 8.03. The van der Waals surface area contributed by atoms with Gasteiger partial charge in [0.25, 0.3) is 15.1 Å². The minimum absolute atomic E-state index is 0.264. The van der Waals surface area contributed by atoms with E-state index in [0.717, 1.165) is 61.1 Å². The van der Waals surface area contributed by atoms with Crippen LogP contribution in [0.15, 0.2) is 64.5 Å². The molecule has 182 valence electrons. The molecule has 0 unspecified atom stereocenters. The van der Waals surface area contributed by atoms with Crippen molar-refractivity contribution in [2.24, 2.45) is 0 Å². The quantitative estimate of drug-likeness (QED) is 0.191. The zero-order valence-corrected chi connectivity index (χ0v) is 22.5. The number of hydrogen-bond acceptors (Lipinski definition) is 5. The van der Waals surface area contributed by atoms with E-state index in [1.165, 1.54) is 4.90 Å². The van der Waals surface area contributed by atoms with Gasteiger partial charge in [0.1, 0.15) is 4.70 Å². The van der Waals surface area contributed by atoms with Crippen LogP contribution in [-0.2, 0) is 16.7 Å². The minimum atomic E-state index is -4.02. The summed E-state index contributed by atoms with van der Waals surface area (Å²) < 4.78 is 35.5. The monoisotopic (exact) mass is 545 g/mol. The van der Waals surface area contributed by atoms with Crippen molar-refractivity contribution >= 4 is 77.6 Å². The highest BCUT2D eigenvalue weighted by Gasteiger charge is 2.28. The third-order valence-corrected chi connectivity index (χ3v) is 9.32. The molecule has 1 aromatic heterocycles. The van der Waals surface area contributed by atoms with Gasteiger partial charge in [-0.1, -0.05) is 72.3 Å². The van der Waals surface area contributed by atoms with Crippen LogP contribution in [0.1, 0.15) is 31.2 Å². The molecule has 0 fully saturated rings. The molecule has 3 aromatic carbocycles. The number of fused-ring (bicyclic) bond motifs is 4. The first kappa shape index (κ1) is 24.6. The highest BCUT2D eigenvalue weighted by atomic mass is 35.5. The molecule has 4 aromatic rings. The molecule has 0 saturated heterocycles. The molecule has 9 heteroatoms. The second-order valence-electron chi connectivity index (χ2n) is 8.57. The molecule has 35 heavy (non-hydrogen) atoms. The van der Waals surface area contributed by atoms with Crippen LogP contribution in [0, 0.1) is 0 Å². The fourth-order valence-corrected chi connectivity index (χ4v) is 7.42. The first-order valence-corrected chi connectivity index (χ1v) is 15.2. The van der Waals surface area contributed by atoms with Gasteiger partial charge in [0.2, 0.25) is 5.52 Å². The molecule has 5 rings (SSSR count). The lowest BCUT2D eigenvalue weighted by molar-refractivity contribution is -0.667. The van der Waals surface area contributed by atoms with E-state index in [1.807, 2.05) is 24.3 Å². The Hall–Kier alpha value is -2.10. The third-order valence-electron chi connectivity index (χ3n) is 6.07. The maximum Gasteiger partial charge on any atom is 0.265 e. The van der Waals surface area contributed by atoms with E-state index in [9.17, 15) is 13.0 Å². The second kappa shape index (κ2) is 10.1. The van der Waals surface area contributed by atoms with Crippen LogP contribution in [0.5, 0.6) is 0 Å². The van der Waals surface area contributed by atoms with Crippen LogP contribution in [0.4, 0.5) is 5.69 Å². The van der Waals surface area contributed by atoms with Gasteiger partial charge < -0.3 is 4.90 Å². The molecule has 0 amide bonds. The summed E-state index contributed by atoms with van der Waals surface area (Å²) in [5, 5.41) is 5.18. The van der Waals surface area contributed by atoms with E-state index in [-0.39, 0.29) is 5.75 Å². The number of benzene rings is 3. The van der Waals surface area contributed by atoms with Crippen molar-refractivity contribution in [2.75, 3.05) is 17.2 Å². The van der Waals surface area contributed by atoms with Gasteiger partial charge in [-0.25, -0.2) is 0 Å². The molecule has 0 atom stereocenters. The fourth-order valence-electron chi connectivity index (χ4n) is 4.44. The molecule has 2 heterocycles. The lowest BCUT2D eigenvalue weighted by Gasteiger charge is -2.20. The van der Waals surface area contributed by atoms with Gasteiger partial charge in [0.15, 0.2) is 6.54 Å². The summed E-state index contributed by atoms with van der Waals surface area (Å²) in [6.07, 6.45) is 4.70. The summed E-state index contributed by atoms with van der Waals surface area (Å²) in [4.78, 5) is 3.52. The van der Waals surface area contributed by atoms with Crippen molar-refractivity contribution in [3.63, 3.8) is 0 Å². The van der Waals surface area contributed by atoms with Crippen molar-refractivity contribution in [1.82, 2.24) is 0 Å². The Balaban J connectivity index is 1.63. The first-order valence-electron chi connectivity index (χ1n) is 11.6. The fraction of sp³-hybridized carbons (Fsp3) is 0.269. The predicted octanol–water partition coefficient (Wildman–Crippen LogP) is 6.98. The number of nitrogens with zero attached hydrogens (tertiary/aromatic N) is 2. The van der Waals surface area contributed by atoms with Crippen LogP contribution in [0.2, 0.25) is 5.02 Å². The van der Waals surface area contributed by atoms with E-state index < -0.39 is 10.1 Å². The maximum atomic E-state index is 11.4. The summed E-state index contributed by atoms with van der Waals surface area (Å²) in [5.74, 6) is -0.264. The van der Waals surface area contributed by atoms with Crippen molar-refractivity contribution in [3.8, 4) is 0 Å². The van der Waals surface area contributed by atoms with Crippen molar-refractivity contribution in [3.05, 3.63) is 69.7 Å². The molecule has 0 bridgehead atoms. The molecule has 0 radical (unpaired) electrons. The standard InChI is InChI=1S/C26H25ClN2O3S3/c1-2-3-13-28-21-16-19(27)10-12-22(21)33-24(28)17-25-29(14-6-15-35(30,31)32)26-20-8-5-4-7-18(20)9-11-23(26)34-25/h4-5,7-12,16-17H,2-3,6,13-15H2,1H3/p+1. The number of thiazole rings is 1. The zero-order chi connectivity index (χ0) is 24.6. The number of hydrogen-bond donors (Lipinski definition) is 1. The lowest BCUT2D eigenvalue weighted by atomic mass is 10.1. The summed E-state index contributed by atoms with van der Waals surface area (Å²) in [6.45, 7) is 3.58. The summed E-state index contributed by atoms with van der Waals surface area (Å²) in [5.41, 5.74) is 2.23. The Kier molecular flexibility index (Phi) is 7.10. The molecule has 5 nitrogen and oxygen atoms in total. The molecule has 0 saturated carbocycles. The predicted molar refractivity (Wildman–Crippen MR) is 148 cm³/mol. The Morgan fingerprint density at radius 1 is 1.11 bits per heavy atom. The third kappa shape index (κ3) is 5.22. The van der Waals surface area contributed by atoms with Crippen molar-refractivity contribution in [1.29, 1.82) is 0 Å². The molecule has 0 aliphatic carbocycles. The average molecular weight is 546 g/mol. The van der Waals surface area contributed by atoms with Gasteiger partial charge in [-0.15, -0.1) is 0 Å². The SMILES string of the molecule is CCCCN1/C(=C/c2sc3ccc4ccccc4c3[n+]2CCCS(=O)(=O)O)Sc2ccc(Cl)cc21. The molecule has 1 aliphatic heterocycles. The number of aryl methyl sites for hydroxylation is 1. The van der Waals surface area contributed by atoms with Gasteiger partial charge in [0, 0.05) is 22.9 Å². The topological polar surface area (TPSA) is 61.5 Å². The number of rotatable bonds is 8. The number of halogens is 1. The zero-order valence-electron chi connectivity index (χ0n) is 19.3. The summed E-state index contributed by atoms with van der Waals surface area (Å²) in [7, 11) is -4.02. The van der Waals surface area contributed by atoms with Gasteiger partial charge >= 0.3 is 0 Å². The van der Waals surface area contributed by atoms with Gasteiger partial charge in [-0.05, 0) is 42.1 Å². The van der Waals surface area contributed by atoms with Crippen LogP contribution < -0.4 is 9.47 Å². The van der Waals surface area contributed by atoms with E-state index in [1.54, 1.807) is 23.1 Å². The second-order valence-corrected chi connectivity index (χ2v) is 12.7. The van der Waals surface area contributed by atoms with Crippen molar-refractivity contribution < 1.29 is 17.5 Å². The molecule has 1 N–H and O–H groups in total. The highest BCUT2D eigenvalue weighted by Crippen LogP contribution is 2.48. The van der Waals surface area contributed by atoms with Gasteiger partial charge in [-0.2, -0.15) is 13.0 Å². The number of anilines is 1. The molecule has 1 aliphatic rings. The van der Waals surface area contributed by atoms with Crippen LogP contribution in [0.3, 0.4) is 0 Å². The minimum Gasteiger partial charge on any atom is -0.335 e. The lowest BCUT2D eigenvalue weighted by Crippen LogP contribution is -2.36. The maximum absolute atomic E-state index is 11.4. The first-order chi connectivity index (χ1) is 16.8. The van der Waals surface area contributed by atoms with Crippen LogP contribution in [-0.4, -0.2) is 25.3 Å². The largest absolute Gasteiger partial charge is 0.335 e. The Morgan fingerprint density at radius 3 is 2.74 bits per heavy atom. The van der Waals surface area contributed by atoms with Crippen LogP contribution >= 0.6 is 34.7 Å². The molecular weight excluding hydrogens is 520 g/mol. The number of unbranched alkanes of at least 4 members (excludes halogenated alkanes) is 1. The Morgan fingerprint density at radius 2 is 1.94 bits per heavy atom. The van der Waals surface area contributed by atoms with E-state index in [2.05, 4.69) is 52.8 Å². The summed E-state index contributed by atoms with van der Waals surface area (Å²) in [6, 6.07) is 18.5. The Labute approximate surface area is 218 Å². The van der Waals surface area contributed by atoms with Crippen molar-refractivity contribution in [2.45, 2.75) is 37.6 Å². The molecule has 0 spiro atoms. The van der Waals surface area contributed by atoms with E-state index >= 15 is 0 Å². The summed E-state index contributed by atoms with van der Waals surface area (Å²) >= 11 is 9.77. The van der Waals surface area contributed by atoms with Crippen LogP contribution in [0.25, 0.3) is 27.1 Å². The number of aromatic nitrogens is 1. The van der Waals surface area contributed by atoms with E-state index in [4.69, 9.17) is 11.6 Å². The molecular formula is C26H26ClN2O3S3+. The smallest absolute Gasteiger partial charge is 0.265 e. The van der Waals surface area contributed by atoms with Gasteiger partial charge in [-0.3, -0.25) is 4.55 Å². The van der Waals surface area contributed by atoms with E-state index in [0.29, 0.717) is 13.0 Å². The average Bonchev–Trinajstić information content (AvgIpc) is 3.34. The normalized spacial score (nSPS) is 14.9.